The van der Waals surface area contributed by atoms with Crippen LogP contribution in [-0.2, 0) is 6.54 Å². The van der Waals surface area contributed by atoms with Gasteiger partial charge in [0.1, 0.15) is 4.99 Å². The zero-order chi connectivity index (χ0) is 14.6. The van der Waals surface area contributed by atoms with Gasteiger partial charge in [-0.2, -0.15) is 13.2 Å². The van der Waals surface area contributed by atoms with Gasteiger partial charge in [0.25, 0.3) is 0 Å². The Balaban J connectivity index is 2.64. The van der Waals surface area contributed by atoms with Crippen LogP contribution in [-0.4, -0.2) is 29.7 Å². The number of alkyl halides is 3. The minimum absolute atomic E-state index is 0.0725. The minimum atomic E-state index is -4.15. The fourth-order valence-electron chi connectivity index (χ4n) is 1.52. The van der Waals surface area contributed by atoms with E-state index >= 15 is 0 Å². The normalized spacial score (nSPS) is 11.9. The Morgan fingerprint density at radius 1 is 1.42 bits per heavy atom. The van der Waals surface area contributed by atoms with E-state index in [1.54, 1.807) is 30.1 Å². The maximum absolute atomic E-state index is 12.1. The molecular weight excluding hydrogens is 297 g/mol. The van der Waals surface area contributed by atoms with Gasteiger partial charge in [-0.15, -0.1) is 0 Å². The van der Waals surface area contributed by atoms with Crippen LogP contribution in [0.1, 0.15) is 17.5 Å². The van der Waals surface area contributed by atoms with Crippen molar-refractivity contribution in [2.45, 2.75) is 19.1 Å². The van der Waals surface area contributed by atoms with Crippen molar-refractivity contribution in [3.8, 4) is 0 Å². The molecule has 0 bridgehead atoms. The molecule has 0 atom stereocenters. The number of rotatable bonds is 5. The number of benzene rings is 1. The van der Waals surface area contributed by atoms with Crippen molar-refractivity contribution >= 4 is 28.8 Å². The van der Waals surface area contributed by atoms with Gasteiger partial charge in [-0.05, 0) is 18.7 Å². The Kier molecular flexibility index (Phi) is 5.58. The molecule has 2 N–H and O–H groups in total. The van der Waals surface area contributed by atoms with Crippen LogP contribution < -0.4 is 5.73 Å². The predicted octanol–water partition coefficient (Wildman–Crippen LogP) is 3.36. The smallest absolute Gasteiger partial charge is 0.389 e. The first-order valence-corrected chi connectivity index (χ1v) is 6.31. The summed E-state index contributed by atoms with van der Waals surface area (Å²) in [5.74, 6) is 0. The molecule has 7 heteroatoms. The topological polar surface area (TPSA) is 29.3 Å². The van der Waals surface area contributed by atoms with Crippen LogP contribution in [0.25, 0.3) is 0 Å². The summed E-state index contributed by atoms with van der Waals surface area (Å²) in [4.78, 5) is 1.80. The second kappa shape index (κ2) is 6.54. The number of nitrogens with two attached hydrogens (primary N) is 1. The van der Waals surface area contributed by atoms with Gasteiger partial charge in [0.15, 0.2) is 0 Å². The van der Waals surface area contributed by atoms with Crippen LogP contribution in [0.5, 0.6) is 0 Å². The summed E-state index contributed by atoms with van der Waals surface area (Å²) < 4.78 is 36.3. The second-order valence-corrected chi connectivity index (χ2v) is 5.12. The Hall–Kier alpha value is -0.850. The lowest BCUT2D eigenvalue weighted by Gasteiger charge is -2.18. The lowest BCUT2D eigenvalue weighted by Crippen LogP contribution is -2.24. The van der Waals surface area contributed by atoms with Crippen LogP contribution in [0.4, 0.5) is 13.2 Å². The molecule has 0 aliphatic carbocycles. The van der Waals surface area contributed by atoms with E-state index in [9.17, 15) is 13.2 Å². The van der Waals surface area contributed by atoms with E-state index in [1.807, 2.05) is 0 Å². The van der Waals surface area contributed by atoms with Crippen molar-refractivity contribution in [2.75, 3.05) is 13.6 Å². The van der Waals surface area contributed by atoms with E-state index in [4.69, 9.17) is 29.6 Å². The summed E-state index contributed by atoms with van der Waals surface area (Å²) in [7, 11) is 1.61. The van der Waals surface area contributed by atoms with Gasteiger partial charge in [-0.3, -0.25) is 0 Å². The quantitative estimate of drug-likeness (QED) is 0.846. The fraction of sp³-hybridized carbons (Fsp3) is 0.417. The maximum Gasteiger partial charge on any atom is 0.390 e. The highest BCUT2D eigenvalue weighted by Crippen LogP contribution is 2.22. The Morgan fingerprint density at radius 2 is 2.05 bits per heavy atom. The largest absolute Gasteiger partial charge is 0.390 e. The van der Waals surface area contributed by atoms with Gasteiger partial charge < -0.3 is 10.6 Å². The summed E-state index contributed by atoms with van der Waals surface area (Å²) in [6.45, 7) is 0.267. The lowest BCUT2D eigenvalue weighted by atomic mass is 10.1. The van der Waals surface area contributed by atoms with Crippen LogP contribution in [0, 0.1) is 0 Å². The molecule has 0 spiro atoms. The van der Waals surface area contributed by atoms with Crippen molar-refractivity contribution in [3.63, 3.8) is 0 Å². The second-order valence-electron chi connectivity index (χ2n) is 4.27. The highest BCUT2D eigenvalue weighted by molar-refractivity contribution is 7.80. The van der Waals surface area contributed by atoms with Crippen molar-refractivity contribution in [3.05, 3.63) is 34.3 Å². The third-order valence-corrected chi connectivity index (χ3v) is 3.14. The lowest BCUT2D eigenvalue weighted by molar-refractivity contribution is -0.137. The first-order chi connectivity index (χ1) is 8.69. The summed E-state index contributed by atoms with van der Waals surface area (Å²) in [5, 5.41) is 0.448. The van der Waals surface area contributed by atoms with Crippen LogP contribution in [0.15, 0.2) is 18.2 Å². The van der Waals surface area contributed by atoms with Gasteiger partial charge in [0, 0.05) is 23.7 Å². The standard InChI is InChI=1S/C12H14ClF3N2S/c1-18(5-4-12(14,15)16)7-9-3-2-8(11(17)19)6-10(9)13/h2-3,6H,4-5,7H2,1H3,(H2,17,19). The molecule has 0 heterocycles. The van der Waals surface area contributed by atoms with Crippen molar-refractivity contribution in [2.24, 2.45) is 5.73 Å². The molecule has 0 aliphatic heterocycles. The van der Waals surface area contributed by atoms with E-state index in [0.717, 1.165) is 5.56 Å². The van der Waals surface area contributed by atoms with Gasteiger partial charge in [0.05, 0.1) is 6.42 Å². The summed E-state index contributed by atoms with van der Waals surface area (Å²) in [5.41, 5.74) is 6.85. The average molecular weight is 311 g/mol. The molecule has 19 heavy (non-hydrogen) atoms. The molecule has 0 saturated heterocycles. The molecule has 106 valence electrons. The van der Waals surface area contributed by atoms with Gasteiger partial charge in [0.2, 0.25) is 0 Å². The average Bonchev–Trinajstić information content (AvgIpc) is 2.28. The van der Waals surface area contributed by atoms with E-state index in [0.29, 0.717) is 17.1 Å². The molecule has 0 aliphatic rings. The van der Waals surface area contributed by atoms with Gasteiger partial charge in [-0.1, -0.05) is 36.0 Å². The Bertz CT molecular complexity index is 463. The van der Waals surface area contributed by atoms with Crippen LogP contribution in [0.3, 0.4) is 0 Å². The molecule has 0 radical (unpaired) electrons. The zero-order valence-corrected chi connectivity index (χ0v) is 11.9. The molecule has 0 unspecified atom stereocenters. The Labute approximate surface area is 120 Å². The summed E-state index contributed by atoms with van der Waals surface area (Å²) in [6.07, 6.45) is -4.99. The fourth-order valence-corrected chi connectivity index (χ4v) is 1.88. The molecule has 0 aromatic heterocycles. The third kappa shape index (κ3) is 5.76. The van der Waals surface area contributed by atoms with Gasteiger partial charge in [-0.25, -0.2) is 0 Å². The highest BCUT2D eigenvalue weighted by atomic mass is 35.5. The monoisotopic (exact) mass is 310 g/mol. The molecule has 0 saturated carbocycles. The Morgan fingerprint density at radius 3 is 2.53 bits per heavy atom. The van der Waals surface area contributed by atoms with E-state index in [1.165, 1.54) is 0 Å². The predicted molar refractivity (Wildman–Crippen MR) is 74.3 cm³/mol. The molecule has 1 aromatic carbocycles. The zero-order valence-electron chi connectivity index (χ0n) is 10.3. The molecule has 0 amide bonds. The van der Waals surface area contributed by atoms with Crippen molar-refractivity contribution in [1.29, 1.82) is 0 Å². The molecule has 1 aromatic rings. The van der Waals surface area contributed by atoms with E-state index in [-0.39, 0.29) is 11.5 Å². The maximum atomic E-state index is 12.1. The number of nitrogens with zero attached hydrogens (tertiary/aromatic N) is 1. The highest BCUT2D eigenvalue weighted by Gasteiger charge is 2.27. The molecular formula is C12H14ClF3N2S. The van der Waals surface area contributed by atoms with Crippen LogP contribution >= 0.6 is 23.8 Å². The number of halogens is 4. The first kappa shape index (κ1) is 16.2. The number of hydrogen-bond donors (Lipinski definition) is 1. The van der Waals surface area contributed by atoms with Crippen molar-refractivity contribution < 1.29 is 13.2 Å². The number of hydrogen-bond acceptors (Lipinski definition) is 2. The summed E-state index contributed by atoms with van der Waals surface area (Å²) in [6, 6.07) is 5.05. The number of thiocarbonyl (C=S) groups is 1. The SMILES string of the molecule is CN(CCC(F)(F)F)Cc1ccc(C(N)=S)cc1Cl. The van der Waals surface area contributed by atoms with E-state index in [2.05, 4.69) is 0 Å². The molecule has 0 fully saturated rings. The van der Waals surface area contributed by atoms with Crippen LogP contribution in [0.2, 0.25) is 5.02 Å². The first-order valence-electron chi connectivity index (χ1n) is 5.52. The third-order valence-electron chi connectivity index (χ3n) is 2.55. The summed E-state index contributed by atoms with van der Waals surface area (Å²) >= 11 is 10.9. The van der Waals surface area contributed by atoms with E-state index < -0.39 is 12.6 Å². The molecule has 2 nitrogen and oxygen atoms in total. The van der Waals surface area contributed by atoms with Crippen molar-refractivity contribution in [1.82, 2.24) is 4.90 Å². The minimum Gasteiger partial charge on any atom is -0.389 e. The molecule has 1 rings (SSSR count). The van der Waals surface area contributed by atoms with Gasteiger partial charge >= 0.3 is 6.18 Å².